The van der Waals surface area contributed by atoms with Crippen molar-refractivity contribution >= 4 is 60.5 Å². The number of rotatable bonds is 3. The summed E-state index contributed by atoms with van der Waals surface area (Å²) < 4.78 is 6.97. The number of furan rings is 1. The van der Waals surface area contributed by atoms with Crippen LogP contribution in [0.2, 0.25) is 0 Å². The Morgan fingerprint density at radius 2 is 2.05 bits per heavy atom. The Balaban J connectivity index is 1.95. The molecule has 0 bridgehead atoms. The number of thiophene rings is 1. The number of carboxylic acid groups (broad SMARTS) is 1. The summed E-state index contributed by atoms with van der Waals surface area (Å²) in [5.74, 6) is -0.267. The molecule has 4 nitrogen and oxygen atoms in total. The van der Waals surface area contributed by atoms with Crippen molar-refractivity contribution in [3.63, 3.8) is 0 Å². The third-order valence-corrected chi connectivity index (χ3v) is 5.98. The molecule has 0 saturated heterocycles. The van der Waals surface area contributed by atoms with Crippen molar-refractivity contribution in [2.45, 2.75) is 0 Å². The normalized spacial score (nSPS) is 10.9. The second-order valence-corrected chi connectivity index (χ2v) is 7.12. The van der Waals surface area contributed by atoms with Crippen LogP contribution in [0.1, 0.15) is 10.4 Å². The van der Waals surface area contributed by atoms with E-state index in [1.165, 1.54) is 22.7 Å². The summed E-state index contributed by atoms with van der Waals surface area (Å²) in [5.41, 5.74) is 1.04. The van der Waals surface area contributed by atoms with Gasteiger partial charge in [-0.3, -0.25) is 0 Å². The lowest BCUT2D eigenvalue weighted by Gasteiger charge is -1.89. The summed E-state index contributed by atoms with van der Waals surface area (Å²) in [6.45, 7) is 0. The van der Waals surface area contributed by atoms with E-state index in [0.717, 1.165) is 20.1 Å². The number of halogens is 2. The highest BCUT2D eigenvalue weighted by Gasteiger charge is 2.15. The molecule has 0 amide bonds. The summed E-state index contributed by atoms with van der Waals surface area (Å²) in [4.78, 5) is 16.2. The van der Waals surface area contributed by atoms with Crippen LogP contribution in [0.15, 0.2) is 36.5 Å². The fourth-order valence-electron chi connectivity index (χ4n) is 1.53. The van der Waals surface area contributed by atoms with Gasteiger partial charge in [0.25, 0.3) is 0 Å². The summed E-state index contributed by atoms with van der Waals surface area (Å²) in [7, 11) is 0. The van der Waals surface area contributed by atoms with Crippen LogP contribution in [0, 0.1) is 0 Å². The van der Waals surface area contributed by atoms with E-state index in [4.69, 9.17) is 9.52 Å². The molecule has 0 aliphatic rings. The SMILES string of the molecule is O=C(O)c1csc(-c2csc(-c3cc(Br)c(Br)o3)n2)c1. The lowest BCUT2D eigenvalue weighted by molar-refractivity contribution is 0.0697. The average molecular weight is 435 g/mol. The molecule has 20 heavy (non-hydrogen) atoms. The molecule has 0 aromatic carbocycles. The van der Waals surface area contributed by atoms with Gasteiger partial charge in [0.05, 0.1) is 20.6 Å². The summed E-state index contributed by atoms with van der Waals surface area (Å²) >= 11 is 9.45. The molecule has 3 rings (SSSR count). The molecule has 0 aliphatic heterocycles. The predicted molar refractivity (Wildman–Crippen MR) is 85.5 cm³/mol. The Bertz CT molecular complexity index is 771. The number of carbonyl (C=O) groups is 1. The van der Waals surface area contributed by atoms with Gasteiger partial charge in [-0.15, -0.1) is 22.7 Å². The third-order valence-electron chi connectivity index (χ3n) is 2.46. The van der Waals surface area contributed by atoms with Gasteiger partial charge in [-0.05, 0) is 37.9 Å². The third kappa shape index (κ3) is 2.60. The minimum absolute atomic E-state index is 0.281. The van der Waals surface area contributed by atoms with Gasteiger partial charge in [-0.25, -0.2) is 9.78 Å². The van der Waals surface area contributed by atoms with Gasteiger partial charge in [0.15, 0.2) is 15.4 Å². The van der Waals surface area contributed by atoms with E-state index in [2.05, 4.69) is 36.8 Å². The Hall–Kier alpha value is -0.960. The highest BCUT2D eigenvalue weighted by molar-refractivity contribution is 9.13. The van der Waals surface area contributed by atoms with Gasteiger partial charge in [0.1, 0.15) is 0 Å². The first kappa shape index (κ1) is 14.0. The van der Waals surface area contributed by atoms with Gasteiger partial charge >= 0.3 is 5.97 Å². The van der Waals surface area contributed by atoms with Gasteiger partial charge in [-0.2, -0.15) is 0 Å². The van der Waals surface area contributed by atoms with Crippen molar-refractivity contribution < 1.29 is 14.3 Å². The molecule has 0 saturated carbocycles. The first-order valence-electron chi connectivity index (χ1n) is 5.27. The Morgan fingerprint density at radius 3 is 2.65 bits per heavy atom. The zero-order chi connectivity index (χ0) is 14.3. The highest BCUT2D eigenvalue weighted by atomic mass is 79.9. The molecule has 0 fully saturated rings. The monoisotopic (exact) mass is 433 g/mol. The summed E-state index contributed by atoms with van der Waals surface area (Å²) in [5, 5.41) is 13.2. The van der Waals surface area contributed by atoms with E-state index in [1.54, 1.807) is 11.4 Å². The van der Waals surface area contributed by atoms with E-state index >= 15 is 0 Å². The molecular formula is C12H5Br2NO3S2. The Morgan fingerprint density at radius 1 is 1.25 bits per heavy atom. The van der Waals surface area contributed by atoms with E-state index in [-0.39, 0.29) is 5.56 Å². The second kappa shape index (κ2) is 5.44. The van der Waals surface area contributed by atoms with Gasteiger partial charge in [0.2, 0.25) is 0 Å². The molecule has 3 aromatic rings. The molecule has 0 atom stereocenters. The van der Waals surface area contributed by atoms with E-state index < -0.39 is 5.97 Å². The van der Waals surface area contributed by atoms with Crippen molar-refractivity contribution in [1.29, 1.82) is 0 Å². The Labute approximate surface area is 138 Å². The fourth-order valence-corrected chi connectivity index (χ4v) is 3.80. The molecular weight excluding hydrogens is 430 g/mol. The van der Waals surface area contributed by atoms with Crippen LogP contribution in [0.25, 0.3) is 21.3 Å². The zero-order valence-corrected chi connectivity index (χ0v) is 14.4. The number of nitrogens with zero attached hydrogens (tertiary/aromatic N) is 1. The fraction of sp³-hybridized carbons (Fsp3) is 0. The smallest absolute Gasteiger partial charge is 0.336 e. The van der Waals surface area contributed by atoms with Crippen LogP contribution in [0.4, 0.5) is 0 Å². The number of carboxylic acids is 1. The van der Waals surface area contributed by atoms with Crippen LogP contribution < -0.4 is 0 Å². The molecule has 1 N–H and O–H groups in total. The number of hydrogen-bond donors (Lipinski definition) is 1. The lowest BCUT2D eigenvalue weighted by atomic mass is 10.3. The second-order valence-electron chi connectivity index (χ2n) is 3.77. The van der Waals surface area contributed by atoms with Crippen LogP contribution in [-0.4, -0.2) is 16.1 Å². The summed E-state index contributed by atoms with van der Waals surface area (Å²) in [6.07, 6.45) is 0. The van der Waals surface area contributed by atoms with Gasteiger partial charge < -0.3 is 9.52 Å². The molecule has 0 radical (unpaired) electrons. The lowest BCUT2D eigenvalue weighted by Crippen LogP contribution is -1.91. The van der Waals surface area contributed by atoms with Crippen LogP contribution in [0.5, 0.6) is 0 Å². The van der Waals surface area contributed by atoms with Crippen molar-refractivity contribution in [3.05, 3.63) is 37.6 Å². The minimum atomic E-state index is -0.929. The van der Waals surface area contributed by atoms with Crippen LogP contribution in [-0.2, 0) is 0 Å². The first-order chi connectivity index (χ1) is 9.54. The maximum Gasteiger partial charge on any atom is 0.336 e. The van der Waals surface area contributed by atoms with E-state index in [9.17, 15) is 4.79 Å². The van der Waals surface area contributed by atoms with Crippen LogP contribution in [0.3, 0.4) is 0 Å². The summed E-state index contributed by atoms with van der Waals surface area (Å²) in [6, 6.07) is 3.46. The highest BCUT2D eigenvalue weighted by Crippen LogP contribution is 2.36. The number of thiazole rings is 1. The molecule has 0 aliphatic carbocycles. The van der Waals surface area contributed by atoms with Crippen molar-refractivity contribution in [3.8, 4) is 21.3 Å². The van der Waals surface area contributed by atoms with Crippen molar-refractivity contribution in [1.82, 2.24) is 4.98 Å². The minimum Gasteiger partial charge on any atom is -0.478 e. The molecule has 0 spiro atoms. The predicted octanol–water partition coefficient (Wildman–Crippen LogP) is 5.35. The molecule has 102 valence electrons. The standard InChI is InChI=1S/C12H5Br2NO3S2/c13-6-2-8(18-10(6)14)11-15-7(4-20-11)9-1-5(3-19-9)12(16)17/h1-4H,(H,16,17). The maximum absolute atomic E-state index is 10.9. The van der Waals surface area contributed by atoms with E-state index in [0.29, 0.717) is 10.4 Å². The van der Waals surface area contributed by atoms with Gasteiger partial charge in [0, 0.05) is 16.8 Å². The number of aromatic carboxylic acids is 1. The first-order valence-corrected chi connectivity index (χ1v) is 8.62. The molecule has 3 heterocycles. The van der Waals surface area contributed by atoms with Crippen LogP contribution >= 0.6 is 54.5 Å². The van der Waals surface area contributed by atoms with Crippen molar-refractivity contribution in [2.75, 3.05) is 0 Å². The van der Waals surface area contributed by atoms with E-state index in [1.807, 2.05) is 11.4 Å². The van der Waals surface area contributed by atoms with Gasteiger partial charge in [-0.1, -0.05) is 0 Å². The molecule has 0 unspecified atom stereocenters. The molecule has 3 aromatic heterocycles. The van der Waals surface area contributed by atoms with Crippen molar-refractivity contribution in [2.24, 2.45) is 0 Å². The number of aromatic nitrogens is 1. The topological polar surface area (TPSA) is 63.3 Å². The Kier molecular flexibility index (Phi) is 3.80. The quantitative estimate of drug-likeness (QED) is 0.602. The largest absolute Gasteiger partial charge is 0.478 e. The maximum atomic E-state index is 10.9. The molecule has 8 heteroatoms. The average Bonchev–Trinajstić information content (AvgIpc) is 3.09. The number of hydrogen-bond acceptors (Lipinski definition) is 5. The zero-order valence-electron chi connectivity index (χ0n) is 9.59.